The van der Waals surface area contributed by atoms with Gasteiger partial charge < -0.3 is 9.52 Å². The number of aliphatic hydroxyl groups is 1. The van der Waals surface area contributed by atoms with Gasteiger partial charge in [0.05, 0.1) is 18.6 Å². The molecule has 0 aliphatic rings. The van der Waals surface area contributed by atoms with Gasteiger partial charge in [0.15, 0.2) is 0 Å². The molecule has 0 fully saturated rings. The maximum absolute atomic E-state index is 12.5. The zero-order valence-electron chi connectivity index (χ0n) is 9.01. The van der Waals surface area contributed by atoms with Crippen LogP contribution in [0.25, 0.3) is 0 Å². The van der Waals surface area contributed by atoms with Crippen molar-refractivity contribution in [2.75, 3.05) is 0 Å². The summed E-state index contributed by atoms with van der Waals surface area (Å²) >= 11 is 0. The number of hydrogen-bond donors (Lipinski definition) is 1. The molecule has 1 heterocycles. The number of rotatable bonds is 4. The van der Waals surface area contributed by atoms with E-state index in [2.05, 4.69) is 0 Å². The summed E-state index contributed by atoms with van der Waals surface area (Å²) in [4.78, 5) is 0. The molecule has 1 atom stereocenters. The maximum Gasteiger partial charge on any atom is 0.263 e. The van der Waals surface area contributed by atoms with E-state index in [0.717, 1.165) is 5.56 Å². The second-order valence-corrected chi connectivity index (χ2v) is 3.82. The summed E-state index contributed by atoms with van der Waals surface area (Å²) in [5, 5.41) is 9.91. The Labute approximate surface area is 97.5 Å². The lowest BCUT2D eigenvalue weighted by Gasteiger charge is -2.11. The zero-order chi connectivity index (χ0) is 12.3. The van der Waals surface area contributed by atoms with Crippen LogP contribution in [-0.4, -0.2) is 5.11 Å². The first-order valence-corrected chi connectivity index (χ1v) is 5.24. The molecule has 0 saturated carbocycles. The fraction of sp³-hybridized carbons (Fsp3) is 0.231. The third kappa shape index (κ3) is 2.91. The molecular weight excluding hydrogens is 226 g/mol. The summed E-state index contributed by atoms with van der Waals surface area (Å²) in [7, 11) is 0. The largest absolute Gasteiger partial charge is 0.472 e. The number of benzene rings is 1. The van der Waals surface area contributed by atoms with Crippen LogP contribution < -0.4 is 0 Å². The van der Waals surface area contributed by atoms with E-state index in [0.29, 0.717) is 12.0 Å². The molecule has 4 heteroatoms. The van der Waals surface area contributed by atoms with Gasteiger partial charge in [0.2, 0.25) is 0 Å². The minimum atomic E-state index is -2.52. The van der Waals surface area contributed by atoms with Crippen molar-refractivity contribution in [3.8, 4) is 0 Å². The van der Waals surface area contributed by atoms with Crippen LogP contribution in [0, 0.1) is 0 Å². The van der Waals surface area contributed by atoms with Crippen molar-refractivity contribution in [3.63, 3.8) is 0 Å². The van der Waals surface area contributed by atoms with E-state index in [4.69, 9.17) is 4.42 Å². The number of hydrogen-bond acceptors (Lipinski definition) is 2. The smallest absolute Gasteiger partial charge is 0.263 e. The fourth-order valence-corrected chi connectivity index (χ4v) is 1.65. The highest BCUT2D eigenvalue weighted by atomic mass is 19.3. The molecule has 0 bridgehead atoms. The molecule has 0 radical (unpaired) electrons. The Morgan fingerprint density at radius 1 is 1.18 bits per heavy atom. The van der Waals surface area contributed by atoms with Crippen LogP contribution in [0.1, 0.15) is 29.2 Å². The van der Waals surface area contributed by atoms with Crippen molar-refractivity contribution in [1.82, 2.24) is 0 Å². The van der Waals surface area contributed by atoms with Crippen LogP contribution in [0.4, 0.5) is 8.78 Å². The van der Waals surface area contributed by atoms with Crippen LogP contribution in [0.2, 0.25) is 0 Å². The summed E-state index contributed by atoms with van der Waals surface area (Å²) in [5.74, 6) is 0. The van der Waals surface area contributed by atoms with Gasteiger partial charge in [-0.15, -0.1) is 0 Å². The predicted molar refractivity (Wildman–Crippen MR) is 58.8 cm³/mol. The summed E-state index contributed by atoms with van der Waals surface area (Å²) in [6.45, 7) is 0. The molecule has 1 N–H and O–H groups in total. The average molecular weight is 238 g/mol. The highest BCUT2D eigenvalue weighted by molar-refractivity contribution is 5.27. The van der Waals surface area contributed by atoms with E-state index in [1.54, 1.807) is 12.1 Å². The molecule has 1 aromatic carbocycles. The highest BCUT2D eigenvalue weighted by Gasteiger charge is 2.13. The quantitative estimate of drug-likeness (QED) is 0.884. The van der Waals surface area contributed by atoms with E-state index in [9.17, 15) is 13.9 Å². The van der Waals surface area contributed by atoms with E-state index >= 15 is 0 Å². The topological polar surface area (TPSA) is 33.4 Å². The average Bonchev–Trinajstić information content (AvgIpc) is 2.82. The van der Waals surface area contributed by atoms with Crippen LogP contribution in [-0.2, 0) is 6.42 Å². The normalized spacial score (nSPS) is 12.9. The predicted octanol–water partition coefficient (Wildman–Crippen LogP) is 3.49. The van der Waals surface area contributed by atoms with Gasteiger partial charge in [0.25, 0.3) is 6.43 Å². The Hall–Kier alpha value is -1.68. The molecule has 0 aliphatic carbocycles. The maximum atomic E-state index is 12.5. The fourth-order valence-electron chi connectivity index (χ4n) is 1.65. The third-order valence-corrected chi connectivity index (χ3v) is 2.56. The minimum Gasteiger partial charge on any atom is -0.472 e. The molecule has 17 heavy (non-hydrogen) atoms. The molecule has 0 saturated heterocycles. The SMILES string of the molecule is OC(Cc1ccoc1)c1cccc(C(F)F)c1. The van der Waals surface area contributed by atoms with Crippen LogP contribution in [0.15, 0.2) is 47.3 Å². The van der Waals surface area contributed by atoms with Gasteiger partial charge in [-0.2, -0.15) is 0 Å². The first-order chi connectivity index (χ1) is 8.16. The molecular formula is C13H12F2O2. The Balaban J connectivity index is 2.13. The van der Waals surface area contributed by atoms with E-state index < -0.39 is 12.5 Å². The molecule has 2 aromatic rings. The first-order valence-electron chi connectivity index (χ1n) is 5.24. The molecule has 1 unspecified atom stereocenters. The molecule has 2 rings (SSSR count). The Kier molecular flexibility index (Phi) is 3.54. The number of alkyl halides is 2. The molecule has 0 amide bonds. The van der Waals surface area contributed by atoms with Crippen LogP contribution in [0.5, 0.6) is 0 Å². The minimum absolute atomic E-state index is 0.0752. The molecule has 2 nitrogen and oxygen atoms in total. The van der Waals surface area contributed by atoms with Crippen LogP contribution in [0.3, 0.4) is 0 Å². The number of furan rings is 1. The lowest BCUT2D eigenvalue weighted by atomic mass is 10.0. The summed E-state index contributed by atoms with van der Waals surface area (Å²) in [6, 6.07) is 7.57. The van der Waals surface area contributed by atoms with Gasteiger partial charge in [-0.05, 0) is 23.3 Å². The Morgan fingerprint density at radius 2 is 1.94 bits per heavy atom. The number of aliphatic hydroxyl groups excluding tert-OH is 1. The van der Waals surface area contributed by atoms with Gasteiger partial charge in [0, 0.05) is 12.0 Å². The third-order valence-electron chi connectivity index (χ3n) is 2.56. The van der Waals surface area contributed by atoms with E-state index in [-0.39, 0.29) is 5.56 Å². The van der Waals surface area contributed by atoms with Crippen molar-refractivity contribution < 1.29 is 18.3 Å². The second-order valence-electron chi connectivity index (χ2n) is 3.82. The van der Waals surface area contributed by atoms with Gasteiger partial charge in [-0.1, -0.05) is 18.2 Å². The molecule has 90 valence electrons. The Morgan fingerprint density at radius 3 is 2.59 bits per heavy atom. The van der Waals surface area contributed by atoms with Gasteiger partial charge in [-0.3, -0.25) is 0 Å². The number of halogens is 2. The lowest BCUT2D eigenvalue weighted by molar-refractivity contribution is 0.149. The van der Waals surface area contributed by atoms with Crippen molar-refractivity contribution in [1.29, 1.82) is 0 Å². The van der Waals surface area contributed by atoms with Crippen LogP contribution >= 0.6 is 0 Å². The van der Waals surface area contributed by atoms with E-state index in [1.165, 1.54) is 30.7 Å². The van der Waals surface area contributed by atoms with Crippen molar-refractivity contribution in [2.45, 2.75) is 19.0 Å². The van der Waals surface area contributed by atoms with Crippen molar-refractivity contribution in [3.05, 3.63) is 59.5 Å². The molecule has 0 spiro atoms. The standard InChI is InChI=1S/C13H12F2O2/c14-13(15)11-3-1-2-10(7-11)12(16)6-9-4-5-17-8-9/h1-5,7-8,12-13,16H,6H2. The summed E-state index contributed by atoms with van der Waals surface area (Å²) in [5.41, 5.74) is 1.25. The molecule has 1 aromatic heterocycles. The molecule has 0 aliphatic heterocycles. The van der Waals surface area contributed by atoms with Crippen molar-refractivity contribution in [2.24, 2.45) is 0 Å². The first kappa shape index (κ1) is 11.8. The van der Waals surface area contributed by atoms with Gasteiger partial charge in [-0.25, -0.2) is 8.78 Å². The summed E-state index contributed by atoms with van der Waals surface area (Å²) < 4.78 is 29.9. The lowest BCUT2D eigenvalue weighted by Crippen LogP contribution is -2.01. The van der Waals surface area contributed by atoms with Gasteiger partial charge in [0.1, 0.15) is 0 Å². The second kappa shape index (κ2) is 5.10. The Bertz CT molecular complexity index is 466. The summed E-state index contributed by atoms with van der Waals surface area (Å²) in [6.07, 6.45) is 0.0726. The van der Waals surface area contributed by atoms with E-state index in [1.807, 2.05) is 0 Å². The zero-order valence-corrected chi connectivity index (χ0v) is 9.01. The van der Waals surface area contributed by atoms with Gasteiger partial charge >= 0.3 is 0 Å². The monoisotopic (exact) mass is 238 g/mol. The highest BCUT2D eigenvalue weighted by Crippen LogP contribution is 2.24. The van der Waals surface area contributed by atoms with Crippen molar-refractivity contribution >= 4 is 0 Å².